The molecule has 1 aromatic carbocycles. The van der Waals surface area contributed by atoms with E-state index in [4.69, 9.17) is 9.57 Å². The van der Waals surface area contributed by atoms with Gasteiger partial charge in [-0.05, 0) is 26.8 Å². The summed E-state index contributed by atoms with van der Waals surface area (Å²) in [5.74, 6) is -0.187. The molecule has 1 aromatic rings. The molecule has 0 atom stereocenters. The van der Waals surface area contributed by atoms with E-state index in [2.05, 4.69) is 5.16 Å². The zero-order valence-electron chi connectivity index (χ0n) is 15.2. The fourth-order valence-electron chi connectivity index (χ4n) is 2.32. The molecular formula is C16H20N4O7. The molecular weight excluding hydrogens is 360 g/mol. The van der Waals surface area contributed by atoms with Crippen LogP contribution in [-0.2, 0) is 4.74 Å². The minimum atomic E-state index is -0.770. The first-order chi connectivity index (χ1) is 12.6. The van der Waals surface area contributed by atoms with Crippen molar-refractivity contribution in [3.63, 3.8) is 0 Å². The lowest BCUT2D eigenvalue weighted by molar-refractivity contribution is -0.394. The molecule has 11 nitrogen and oxygen atoms in total. The molecule has 2 rings (SSSR count). The molecule has 1 aliphatic heterocycles. The third kappa shape index (κ3) is 5.62. The lowest BCUT2D eigenvalue weighted by Crippen LogP contribution is -2.42. The van der Waals surface area contributed by atoms with E-state index in [0.717, 1.165) is 18.2 Å². The maximum Gasteiger partial charge on any atom is 0.410 e. The normalized spacial score (nSPS) is 14.5. The molecule has 0 unspecified atom stereocenters. The Labute approximate surface area is 154 Å². The van der Waals surface area contributed by atoms with Crippen LogP contribution in [0.3, 0.4) is 0 Å². The number of oxime groups is 1. The molecule has 1 heterocycles. The molecule has 0 spiro atoms. The Morgan fingerprint density at radius 3 is 2.30 bits per heavy atom. The molecule has 0 bridgehead atoms. The van der Waals surface area contributed by atoms with Crippen molar-refractivity contribution in [3.05, 3.63) is 38.4 Å². The van der Waals surface area contributed by atoms with Crippen LogP contribution in [0, 0.1) is 20.2 Å². The minimum absolute atomic E-state index is 0.187. The third-order valence-corrected chi connectivity index (χ3v) is 3.62. The number of nitro groups is 2. The van der Waals surface area contributed by atoms with Gasteiger partial charge < -0.3 is 14.5 Å². The largest absolute Gasteiger partial charge is 0.444 e. The summed E-state index contributed by atoms with van der Waals surface area (Å²) in [6, 6.07) is 3.06. The summed E-state index contributed by atoms with van der Waals surface area (Å²) in [7, 11) is 0. The lowest BCUT2D eigenvalue weighted by Gasteiger charge is -2.30. The van der Waals surface area contributed by atoms with E-state index in [-0.39, 0.29) is 5.75 Å². The van der Waals surface area contributed by atoms with Gasteiger partial charge in [-0.3, -0.25) is 20.2 Å². The van der Waals surface area contributed by atoms with Crippen molar-refractivity contribution in [1.82, 2.24) is 4.90 Å². The first kappa shape index (κ1) is 20.1. The predicted molar refractivity (Wildman–Crippen MR) is 94.9 cm³/mol. The van der Waals surface area contributed by atoms with E-state index in [1.54, 1.807) is 25.7 Å². The number of likely N-dealkylation sites (tertiary alicyclic amines) is 1. The third-order valence-electron chi connectivity index (χ3n) is 3.62. The van der Waals surface area contributed by atoms with Crippen LogP contribution >= 0.6 is 0 Å². The van der Waals surface area contributed by atoms with Crippen molar-refractivity contribution in [3.8, 4) is 5.75 Å². The van der Waals surface area contributed by atoms with Crippen molar-refractivity contribution in [1.29, 1.82) is 0 Å². The van der Waals surface area contributed by atoms with Crippen LogP contribution in [0.5, 0.6) is 5.75 Å². The van der Waals surface area contributed by atoms with E-state index in [9.17, 15) is 25.0 Å². The molecule has 0 saturated carbocycles. The molecule has 146 valence electrons. The molecule has 0 N–H and O–H groups in total. The van der Waals surface area contributed by atoms with Crippen LogP contribution in [0.25, 0.3) is 0 Å². The number of rotatable bonds is 4. The second-order valence-electron chi connectivity index (χ2n) is 6.88. The van der Waals surface area contributed by atoms with E-state index in [1.165, 1.54) is 0 Å². The number of piperidine rings is 1. The molecule has 1 fully saturated rings. The van der Waals surface area contributed by atoms with Crippen molar-refractivity contribution in [2.24, 2.45) is 5.16 Å². The van der Waals surface area contributed by atoms with Crippen molar-refractivity contribution in [2.45, 2.75) is 39.2 Å². The molecule has 1 aliphatic rings. The van der Waals surface area contributed by atoms with Crippen LogP contribution < -0.4 is 4.84 Å². The molecule has 0 aliphatic carbocycles. The van der Waals surface area contributed by atoms with Gasteiger partial charge in [-0.2, -0.15) is 0 Å². The monoisotopic (exact) mass is 380 g/mol. The van der Waals surface area contributed by atoms with Gasteiger partial charge in [0.2, 0.25) is 5.75 Å². The highest BCUT2D eigenvalue weighted by Crippen LogP contribution is 2.31. The van der Waals surface area contributed by atoms with Gasteiger partial charge in [0, 0.05) is 32.0 Å². The number of nitro benzene ring substituents is 2. The fourth-order valence-corrected chi connectivity index (χ4v) is 2.32. The lowest BCUT2D eigenvalue weighted by atomic mass is 10.1. The number of carbonyl (C=O) groups excluding carboxylic acids is 1. The molecule has 0 radical (unpaired) electrons. The Morgan fingerprint density at radius 1 is 1.15 bits per heavy atom. The number of hydrogen-bond acceptors (Lipinski definition) is 8. The van der Waals surface area contributed by atoms with Gasteiger partial charge in [-0.15, -0.1) is 0 Å². The van der Waals surface area contributed by atoms with Gasteiger partial charge in [-0.25, -0.2) is 4.79 Å². The number of carbonyl (C=O) groups is 1. The predicted octanol–water partition coefficient (Wildman–Crippen LogP) is 3.27. The van der Waals surface area contributed by atoms with Crippen molar-refractivity contribution in [2.75, 3.05) is 13.1 Å². The molecule has 1 saturated heterocycles. The number of non-ortho nitro benzene ring substituents is 1. The zero-order chi connectivity index (χ0) is 20.2. The van der Waals surface area contributed by atoms with E-state index in [1.807, 2.05) is 0 Å². The number of benzene rings is 1. The average Bonchev–Trinajstić information content (AvgIpc) is 2.58. The Morgan fingerprint density at radius 2 is 1.78 bits per heavy atom. The van der Waals surface area contributed by atoms with Crippen LogP contribution in [0.15, 0.2) is 23.4 Å². The van der Waals surface area contributed by atoms with Gasteiger partial charge in [0.15, 0.2) is 0 Å². The number of ether oxygens (including phenoxy) is 1. The van der Waals surface area contributed by atoms with Crippen LogP contribution in [-0.4, -0.2) is 45.2 Å². The fraction of sp³-hybridized carbons (Fsp3) is 0.500. The summed E-state index contributed by atoms with van der Waals surface area (Å²) < 4.78 is 5.30. The van der Waals surface area contributed by atoms with Gasteiger partial charge >= 0.3 is 11.8 Å². The summed E-state index contributed by atoms with van der Waals surface area (Å²) in [6.07, 6.45) is 0.452. The Kier molecular flexibility index (Phi) is 5.93. The van der Waals surface area contributed by atoms with E-state index >= 15 is 0 Å². The van der Waals surface area contributed by atoms with Crippen molar-refractivity contribution >= 4 is 23.2 Å². The second-order valence-corrected chi connectivity index (χ2v) is 6.88. The number of nitrogens with zero attached hydrogens (tertiary/aromatic N) is 4. The summed E-state index contributed by atoms with van der Waals surface area (Å²) >= 11 is 0. The van der Waals surface area contributed by atoms with Crippen molar-refractivity contribution < 1.29 is 24.2 Å². The maximum absolute atomic E-state index is 12.0. The van der Waals surface area contributed by atoms with E-state index in [0.29, 0.717) is 31.6 Å². The van der Waals surface area contributed by atoms with Gasteiger partial charge in [0.05, 0.1) is 21.6 Å². The summed E-state index contributed by atoms with van der Waals surface area (Å²) in [5.41, 5.74) is -0.904. The topological polar surface area (TPSA) is 137 Å². The highest BCUT2D eigenvalue weighted by Gasteiger charge is 2.26. The quantitative estimate of drug-likeness (QED) is 0.577. The molecule has 1 amide bonds. The minimum Gasteiger partial charge on any atom is -0.444 e. The van der Waals surface area contributed by atoms with Crippen LogP contribution in [0.2, 0.25) is 0 Å². The molecule has 0 aromatic heterocycles. The number of hydrogen-bond donors (Lipinski definition) is 0. The Balaban J connectivity index is 2.01. The van der Waals surface area contributed by atoms with E-state index < -0.39 is 32.9 Å². The first-order valence-corrected chi connectivity index (χ1v) is 8.20. The summed E-state index contributed by atoms with van der Waals surface area (Å²) in [6.45, 7) is 6.13. The Bertz CT molecular complexity index is 775. The van der Waals surface area contributed by atoms with Gasteiger partial charge in [0.1, 0.15) is 5.60 Å². The maximum atomic E-state index is 12.0. The highest BCUT2D eigenvalue weighted by molar-refractivity contribution is 5.86. The number of amides is 1. The summed E-state index contributed by atoms with van der Waals surface area (Å²) in [4.78, 5) is 39.0. The van der Waals surface area contributed by atoms with Crippen LogP contribution in [0.4, 0.5) is 16.2 Å². The highest BCUT2D eigenvalue weighted by atomic mass is 16.7. The van der Waals surface area contributed by atoms with Crippen LogP contribution in [0.1, 0.15) is 33.6 Å². The standard InChI is InChI=1S/C16H20N4O7/c1-16(2,3)26-15(21)18-8-6-11(7-9-18)17-27-14-5-4-12(19(22)23)10-13(14)20(24)25/h4-5,10H,6-9H2,1-3H3. The second kappa shape index (κ2) is 7.98. The molecule has 27 heavy (non-hydrogen) atoms. The zero-order valence-corrected chi connectivity index (χ0v) is 15.2. The smallest absolute Gasteiger partial charge is 0.410 e. The SMILES string of the molecule is CC(C)(C)OC(=O)N1CCC(=NOc2ccc([N+](=O)[O-])cc2[N+](=O)[O-])CC1. The Hall–Kier alpha value is -3.24. The first-order valence-electron chi connectivity index (χ1n) is 8.20. The molecule has 11 heteroatoms. The average molecular weight is 380 g/mol. The van der Waals surface area contributed by atoms with Gasteiger partial charge in [0.25, 0.3) is 5.69 Å². The summed E-state index contributed by atoms with van der Waals surface area (Å²) in [5, 5.41) is 25.7. The van der Waals surface area contributed by atoms with Gasteiger partial charge in [-0.1, -0.05) is 5.16 Å².